The third-order valence-corrected chi connectivity index (χ3v) is 3.45. The molecule has 1 heterocycles. The lowest BCUT2D eigenvalue weighted by atomic mass is 10.2. The molecule has 0 amide bonds. The normalized spacial score (nSPS) is 11.1. The van der Waals surface area contributed by atoms with Gasteiger partial charge in [-0.1, -0.05) is 35.8 Å². The Morgan fingerprint density at radius 3 is 2.83 bits per heavy atom. The van der Waals surface area contributed by atoms with Crippen molar-refractivity contribution in [3.8, 4) is 5.69 Å². The summed E-state index contributed by atoms with van der Waals surface area (Å²) in [5, 5.41) is 3.45. The van der Waals surface area contributed by atoms with E-state index >= 15 is 0 Å². The molecule has 0 aliphatic carbocycles. The minimum absolute atomic E-state index is 0.675. The largest absolute Gasteiger partial charge is 0.312 e. The highest BCUT2D eigenvalue weighted by atomic mass is 79.9. The smallest absolute Gasteiger partial charge is 0.0991 e. The van der Waals surface area contributed by atoms with Gasteiger partial charge in [-0.15, -0.1) is 0 Å². The number of benzene rings is 1. The second-order valence-corrected chi connectivity index (χ2v) is 5.62. The molecule has 4 heteroatoms. The zero-order valence-electron chi connectivity index (χ0n) is 10.7. The fraction of sp³-hybridized carbons (Fsp3) is 0.357. The molecule has 0 unspecified atom stereocenters. The number of hydrogen-bond acceptors (Lipinski definition) is 2. The van der Waals surface area contributed by atoms with E-state index in [1.807, 2.05) is 10.8 Å². The van der Waals surface area contributed by atoms with Crippen molar-refractivity contribution < 1.29 is 0 Å². The first kappa shape index (κ1) is 13.3. The van der Waals surface area contributed by atoms with Crippen molar-refractivity contribution in [2.24, 2.45) is 5.92 Å². The first-order chi connectivity index (χ1) is 8.66. The van der Waals surface area contributed by atoms with Gasteiger partial charge in [0.15, 0.2) is 0 Å². The van der Waals surface area contributed by atoms with Gasteiger partial charge < -0.3 is 9.88 Å². The summed E-state index contributed by atoms with van der Waals surface area (Å²) >= 11 is 3.63. The summed E-state index contributed by atoms with van der Waals surface area (Å²) in [6.07, 6.45) is 5.53. The molecule has 96 valence electrons. The molecule has 0 atom stereocenters. The summed E-state index contributed by atoms with van der Waals surface area (Å²) in [6, 6.07) is 6.37. The van der Waals surface area contributed by atoms with E-state index < -0.39 is 0 Å². The Labute approximate surface area is 116 Å². The molecule has 0 saturated carbocycles. The van der Waals surface area contributed by atoms with Crippen LogP contribution in [0.3, 0.4) is 0 Å². The molecular weight excluding hydrogens is 290 g/mol. The minimum Gasteiger partial charge on any atom is -0.312 e. The van der Waals surface area contributed by atoms with Crippen LogP contribution in [0, 0.1) is 5.92 Å². The predicted molar refractivity (Wildman–Crippen MR) is 77.8 cm³/mol. The van der Waals surface area contributed by atoms with Gasteiger partial charge in [-0.2, -0.15) is 0 Å². The lowest BCUT2D eigenvalue weighted by Crippen LogP contribution is -2.19. The van der Waals surface area contributed by atoms with Gasteiger partial charge in [0.1, 0.15) is 0 Å². The molecule has 0 fully saturated rings. The van der Waals surface area contributed by atoms with Crippen molar-refractivity contribution in [1.82, 2.24) is 14.9 Å². The number of nitrogens with zero attached hydrogens (tertiary/aromatic N) is 2. The molecule has 1 aromatic heterocycles. The molecule has 0 bridgehead atoms. The SMILES string of the molecule is CC(C)CNCc1ccc(-n2ccnc2)cc1Br. The van der Waals surface area contributed by atoms with Gasteiger partial charge in [0.2, 0.25) is 0 Å². The van der Waals surface area contributed by atoms with E-state index in [9.17, 15) is 0 Å². The Kier molecular flexibility index (Phi) is 4.55. The average molecular weight is 308 g/mol. The monoisotopic (exact) mass is 307 g/mol. The fourth-order valence-electron chi connectivity index (χ4n) is 1.75. The maximum atomic E-state index is 4.05. The van der Waals surface area contributed by atoms with Crippen LogP contribution < -0.4 is 5.32 Å². The quantitative estimate of drug-likeness (QED) is 0.917. The van der Waals surface area contributed by atoms with Crippen molar-refractivity contribution in [2.75, 3.05) is 6.54 Å². The van der Waals surface area contributed by atoms with Gasteiger partial charge in [-0.25, -0.2) is 4.98 Å². The maximum absolute atomic E-state index is 4.05. The average Bonchev–Trinajstić information content (AvgIpc) is 2.84. The Morgan fingerprint density at radius 1 is 1.39 bits per heavy atom. The molecule has 3 nitrogen and oxygen atoms in total. The molecule has 0 aliphatic heterocycles. The van der Waals surface area contributed by atoms with Crippen LogP contribution in [0.5, 0.6) is 0 Å². The van der Waals surface area contributed by atoms with Crippen molar-refractivity contribution in [3.63, 3.8) is 0 Å². The van der Waals surface area contributed by atoms with Crippen molar-refractivity contribution >= 4 is 15.9 Å². The zero-order valence-corrected chi connectivity index (χ0v) is 12.3. The highest BCUT2D eigenvalue weighted by Gasteiger charge is 2.03. The topological polar surface area (TPSA) is 29.9 Å². The zero-order chi connectivity index (χ0) is 13.0. The molecule has 2 aromatic rings. The minimum atomic E-state index is 0.675. The number of halogens is 1. The Balaban J connectivity index is 2.06. The van der Waals surface area contributed by atoms with E-state index in [1.165, 1.54) is 5.56 Å². The number of aromatic nitrogens is 2. The van der Waals surface area contributed by atoms with E-state index in [-0.39, 0.29) is 0 Å². The van der Waals surface area contributed by atoms with E-state index in [0.717, 1.165) is 23.2 Å². The summed E-state index contributed by atoms with van der Waals surface area (Å²) in [6.45, 7) is 6.35. The first-order valence-electron chi connectivity index (χ1n) is 6.14. The number of imidazole rings is 1. The van der Waals surface area contributed by atoms with Crippen molar-refractivity contribution in [1.29, 1.82) is 0 Å². The third-order valence-electron chi connectivity index (χ3n) is 2.71. The molecule has 1 N–H and O–H groups in total. The van der Waals surface area contributed by atoms with Crippen LogP contribution in [0.25, 0.3) is 5.69 Å². The molecular formula is C14H18BrN3. The van der Waals surface area contributed by atoms with Crippen LogP contribution in [-0.2, 0) is 6.54 Å². The standard InChI is InChI=1S/C14H18BrN3/c1-11(2)8-17-9-12-3-4-13(7-14(12)15)18-6-5-16-10-18/h3-7,10-11,17H,8-9H2,1-2H3. The van der Waals surface area contributed by atoms with Crippen LogP contribution >= 0.6 is 15.9 Å². The van der Waals surface area contributed by atoms with Gasteiger partial charge in [0.05, 0.1) is 6.33 Å². The summed E-state index contributed by atoms with van der Waals surface area (Å²) < 4.78 is 3.13. The second kappa shape index (κ2) is 6.16. The molecule has 0 spiro atoms. The van der Waals surface area contributed by atoms with Crippen LogP contribution in [0.1, 0.15) is 19.4 Å². The molecule has 0 saturated heterocycles. The van der Waals surface area contributed by atoms with E-state index in [2.05, 4.69) is 58.3 Å². The highest BCUT2D eigenvalue weighted by molar-refractivity contribution is 9.10. The number of rotatable bonds is 5. The summed E-state index contributed by atoms with van der Waals surface area (Å²) in [7, 11) is 0. The first-order valence-corrected chi connectivity index (χ1v) is 6.93. The van der Waals surface area contributed by atoms with Crippen LogP contribution in [-0.4, -0.2) is 16.1 Å². The summed E-state index contributed by atoms with van der Waals surface area (Å²) in [5.41, 5.74) is 2.39. The maximum Gasteiger partial charge on any atom is 0.0991 e. The van der Waals surface area contributed by atoms with Gasteiger partial charge in [0.25, 0.3) is 0 Å². The van der Waals surface area contributed by atoms with Crippen LogP contribution in [0.15, 0.2) is 41.4 Å². The van der Waals surface area contributed by atoms with Crippen LogP contribution in [0.4, 0.5) is 0 Å². The van der Waals surface area contributed by atoms with Gasteiger partial charge in [-0.3, -0.25) is 0 Å². The van der Waals surface area contributed by atoms with Gasteiger partial charge in [0, 0.05) is 29.1 Å². The molecule has 0 radical (unpaired) electrons. The Morgan fingerprint density at radius 2 is 2.22 bits per heavy atom. The van der Waals surface area contributed by atoms with Crippen molar-refractivity contribution in [3.05, 3.63) is 47.0 Å². The highest BCUT2D eigenvalue weighted by Crippen LogP contribution is 2.20. The van der Waals surface area contributed by atoms with Gasteiger partial charge >= 0.3 is 0 Å². The molecule has 18 heavy (non-hydrogen) atoms. The summed E-state index contributed by atoms with van der Waals surface area (Å²) in [5.74, 6) is 0.675. The van der Waals surface area contributed by atoms with Gasteiger partial charge in [-0.05, 0) is 30.2 Å². The number of hydrogen-bond donors (Lipinski definition) is 1. The second-order valence-electron chi connectivity index (χ2n) is 4.77. The summed E-state index contributed by atoms with van der Waals surface area (Å²) in [4.78, 5) is 4.05. The molecule has 0 aliphatic rings. The Bertz CT molecular complexity index is 492. The number of nitrogens with one attached hydrogen (secondary N) is 1. The molecule has 2 rings (SSSR count). The fourth-order valence-corrected chi connectivity index (χ4v) is 2.25. The van der Waals surface area contributed by atoms with E-state index in [0.29, 0.717) is 5.92 Å². The Hall–Kier alpha value is -1.13. The lowest BCUT2D eigenvalue weighted by Gasteiger charge is -2.10. The van der Waals surface area contributed by atoms with E-state index in [1.54, 1.807) is 12.5 Å². The lowest BCUT2D eigenvalue weighted by molar-refractivity contribution is 0.552. The van der Waals surface area contributed by atoms with Crippen molar-refractivity contribution in [2.45, 2.75) is 20.4 Å². The van der Waals surface area contributed by atoms with E-state index in [4.69, 9.17) is 0 Å². The van der Waals surface area contributed by atoms with Crippen LogP contribution in [0.2, 0.25) is 0 Å². The molecule has 1 aromatic carbocycles. The predicted octanol–water partition coefficient (Wildman–Crippen LogP) is 3.38. The third kappa shape index (κ3) is 3.43.